The van der Waals surface area contributed by atoms with Gasteiger partial charge in [-0.25, -0.2) is 0 Å². The largest absolute Gasteiger partial charge is 0.425 e. The first-order chi connectivity index (χ1) is 15.0. The molecule has 0 spiro atoms. The minimum absolute atomic E-state index is 0.121. The molecule has 31 heavy (non-hydrogen) atoms. The van der Waals surface area contributed by atoms with Crippen molar-refractivity contribution in [2.75, 3.05) is 0 Å². The van der Waals surface area contributed by atoms with Crippen molar-refractivity contribution in [3.8, 4) is 5.75 Å². The van der Waals surface area contributed by atoms with Gasteiger partial charge < -0.3 is 13.9 Å². The first-order valence-electron chi connectivity index (χ1n) is 10.3. The third kappa shape index (κ3) is 2.43. The Morgan fingerprint density at radius 2 is 1.42 bits per heavy atom. The Kier molecular flexibility index (Phi) is 3.66. The van der Waals surface area contributed by atoms with Gasteiger partial charge in [0, 0.05) is 47.2 Å². The van der Waals surface area contributed by atoms with E-state index in [0.717, 1.165) is 38.3 Å². The lowest BCUT2D eigenvalue weighted by Crippen LogP contribution is -2.31. The van der Waals surface area contributed by atoms with E-state index in [0.29, 0.717) is 11.3 Å². The first-order valence-corrected chi connectivity index (χ1v) is 10.3. The third-order valence-corrected chi connectivity index (χ3v) is 6.56. The standard InChI is InChI=1S/C26H20N2O3/c1-27-20-9-5-3-7-16(20)19-13-15(11-12-22(19)27)18-14-23(29)31-25-17-8-4-6-10-21(17)28(2)26(30)24(18)25/h3-13,18H,14H2,1-2H3/t18-/m0/s1. The van der Waals surface area contributed by atoms with Gasteiger partial charge in [-0.05, 0) is 35.9 Å². The predicted molar refractivity (Wildman–Crippen MR) is 122 cm³/mol. The SMILES string of the molecule is Cn1c(=O)c2c(c3ccccc31)OC(=O)C[C@H]2c1ccc2c(c1)c1ccccc1n2C. The molecule has 1 aliphatic rings. The van der Waals surface area contributed by atoms with Gasteiger partial charge in [0.05, 0.1) is 17.5 Å². The van der Waals surface area contributed by atoms with Crippen molar-refractivity contribution in [2.45, 2.75) is 12.3 Å². The van der Waals surface area contributed by atoms with Crippen molar-refractivity contribution in [1.29, 1.82) is 0 Å². The number of ether oxygens (including phenoxy) is 1. The lowest BCUT2D eigenvalue weighted by Gasteiger charge is -2.26. The van der Waals surface area contributed by atoms with Crippen LogP contribution in [-0.2, 0) is 18.9 Å². The summed E-state index contributed by atoms with van der Waals surface area (Å²) < 4.78 is 9.46. The molecule has 0 bridgehead atoms. The van der Waals surface area contributed by atoms with Crippen LogP contribution in [0.4, 0.5) is 0 Å². The molecule has 3 aromatic carbocycles. The molecule has 0 amide bonds. The monoisotopic (exact) mass is 408 g/mol. The summed E-state index contributed by atoms with van der Waals surface area (Å²) in [6.07, 6.45) is 0.150. The number of hydrogen-bond donors (Lipinski definition) is 0. The minimum Gasteiger partial charge on any atom is -0.425 e. The average Bonchev–Trinajstić information content (AvgIpc) is 3.08. The van der Waals surface area contributed by atoms with Crippen molar-refractivity contribution in [3.05, 3.63) is 88.2 Å². The van der Waals surface area contributed by atoms with Crippen molar-refractivity contribution in [3.63, 3.8) is 0 Å². The zero-order chi connectivity index (χ0) is 21.3. The van der Waals surface area contributed by atoms with Gasteiger partial charge in [-0.2, -0.15) is 0 Å². The molecule has 5 aromatic rings. The van der Waals surface area contributed by atoms with Gasteiger partial charge in [0.2, 0.25) is 0 Å². The molecule has 3 heterocycles. The van der Waals surface area contributed by atoms with Gasteiger partial charge >= 0.3 is 5.97 Å². The van der Waals surface area contributed by atoms with Crippen molar-refractivity contribution < 1.29 is 9.53 Å². The van der Waals surface area contributed by atoms with Crippen LogP contribution in [0.5, 0.6) is 5.75 Å². The Bertz CT molecular complexity index is 1610. The lowest BCUT2D eigenvalue weighted by atomic mass is 9.85. The van der Waals surface area contributed by atoms with Crippen LogP contribution in [0.15, 0.2) is 71.5 Å². The summed E-state index contributed by atoms with van der Waals surface area (Å²) in [7, 11) is 3.83. The Morgan fingerprint density at radius 1 is 0.774 bits per heavy atom. The topological polar surface area (TPSA) is 53.2 Å². The molecule has 5 nitrogen and oxygen atoms in total. The van der Waals surface area contributed by atoms with E-state index >= 15 is 0 Å². The van der Waals surface area contributed by atoms with Crippen LogP contribution in [-0.4, -0.2) is 15.1 Å². The molecule has 0 saturated heterocycles. The zero-order valence-corrected chi connectivity index (χ0v) is 17.3. The van der Waals surface area contributed by atoms with E-state index in [2.05, 4.69) is 35.9 Å². The van der Waals surface area contributed by atoms with Gasteiger partial charge in [0.25, 0.3) is 5.56 Å². The summed E-state index contributed by atoms with van der Waals surface area (Å²) >= 11 is 0. The van der Waals surface area contributed by atoms with Gasteiger partial charge in [0.1, 0.15) is 5.75 Å². The highest BCUT2D eigenvalue weighted by Gasteiger charge is 2.33. The van der Waals surface area contributed by atoms with Crippen LogP contribution in [0.3, 0.4) is 0 Å². The van der Waals surface area contributed by atoms with Crippen molar-refractivity contribution in [1.82, 2.24) is 9.13 Å². The van der Waals surface area contributed by atoms with Crippen LogP contribution in [0.1, 0.15) is 23.5 Å². The summed E-state index contributed by atoms with van der Waals surface area (Å²) in [6.45, 7) is 0. The lowest BCUT2D eigenvalue weighted by molar-refractivity contribution is -0.135. The molecule has 0 fully saturated rings. The van der Waals surface area contributed by atoms with Gasteiger partial charge in [-0.15, -0.1) is 0 Å². The molecule has 1 aliphatic heterocycles. The number of carbonyl (C=O) groups excluding carboxylic acids is 1. The van der Waals surface area contributed by atoms with Crippen LogP contribution < -0.4 is 10.3 Å². The Morgan fingerprint density at radius 3 is 2.19 bits per heavy atom. The summed E-state index contributed by atoms with van der Waals surface area (Å²) in [5.41, 5.74) is 4.41. The maximum Gasteiger partial charge on any atom is 0.312 e. The first kappa shape index (κ1) is 18.0. The van der Waals surface area contributed by atoms with E-state index in [1.165, 1.54) is 0 Å². The van der Waals surface area contributed by atoms with Crippen LogP contribution in [0.2, 0.25) is 0 Å². The quantitative estimate of drug-likeness (QED) is 0.380. The number of aryl methyl sites for hydroxylation is 2. The van der Waals surface area contributed by atoms with E-state index in [4.69, 9.17) is 4.74 Å². The number of para-hydroxylation sites is 2. The number of hydrogen-bond acceptors (Lipinski definition) is 3. The molecule has 5 heteroatoms. The summed E-state index contributed by atoms with van der Waals surface area (Å²) in [5.74, 6) is -0.255. The number of carbonyl (C=O) groups is 1. The average molecular weight is 408 g/mol. The second-order valence-corrected chi connectivity index (χ2v) is 8.21. The number of aromatic nitrogens is 2. The second kappa shape index (κ2) is 6.32. The molecule has 0 N–H and O–H groups in total. The summed E-state index contributed by atoms with van der Waals surface area (Å²) in [5, 5.41) is 3.06. The Labute approximate surface area is 178 Å². The maximum absolute atomic E-state index is 13.4. The molecule has 6 rings (SSSR count). The van der Waals surface area contributed by atoms with E-state index in [1.807, 2.05) is 42.5 Å². The number of nitrogens with zero attached hydrogens (tertiary/aromatic N) is 2. The summed E-state index contributed by atoms with van der Waals surface area (Å²) in [4.78, 5) is 26.0. The van der Waals surface area contributed by atoms with Gasteiger partial charge in [-0.1, -0.05) is 36.4 Å². The van der Waals surface area contributed by atoms with E-state index in [9.17, 15) is 9.59 Å². The molecule has 1 atom stereocenters. The normalized spacial score (nSPS) is 16.1. The highest BCUT2D eigenvalue weighted by molar-refractivity contribution is 6.08. The van der Waals surface area contributed by atoms with Crippen LogP contribution in [0, 0.1) is 0 Å². The fourth-order valence-corrected chi connectivity index (χ4v) is 5.02. The molecule has 152 valence electrons. The summed E-state index contributed by atoms with van der Waals surface area (Å²) in [6, 6.07) is 22.1. The maximum atomic E-state index is 13.4. The van der Waals surface area contributed by atoms with Crippen LogP contribution in [0.25, 0.3) is 32.7 Å². The molecule has 0 unspecified atom stereocenters. The minimum atomic E-state index is -0.345. The smallest absolute Gasteiger partial charge is 0.312 e. The Hall–Kier alpha value is -3.86. The van der Waals surface area contributed by atoms with Gasteiger partial charge in [-0.3, -0.25) is 9.59 Å². The molecule has 0 aliphatic carbocycles. The molecule has 0 saturated carbocycles. The number of benzene rings is 3. The van der Waals surface area contributed by atoms with Crippen molar-refractivity contribution in [2.24, 2.45) is 14.1 Å². The Balaban J connectivity index is 1.65. The highest BCUT2D eigenvalue weighted by Crippen LogP contribution is 2.41. The fourth-order valence-electron chi connectivity index (χ4n) is 5.02. The van der Waals surface area contributed by atoms with E-state index in [-0.39, 0.29) is 23.9 Å². The highest BCUT2D eigenvalue weighted by atomic mass is 16.5. The zero-order valence-electron chi connectivity index (χ0n) is 17.3. The number of esters is 1. The number of rotatable bonds is 1. The van der Waals surface area contributed by atoms with Gasteiger partial charge in [0.15, 0.2) is 0 Å². The molecular weight excluding hydrogens is 388 g/mol. The van der Waals surface area contributed by atoms with E-state index in [1.54, 1.807) is 11.6 Å². The van der Waals surface area contributed by atoms with Crippen molar-refractivity contribution >= 4 is 38.7 Å². The second-order valence-electron chi connectivity index (χ2n) is 8.21. The van der Waals surface area contributed by atoms with Crippen LogP contribution >= 0.6 is 0 Å². The van der Waals surface area contributed by atoms with E-state index < -0.39 is 0 Å². The number of pyridine rings is 1. The molecule has 2 aromatic heterocycles. The molecule has 0 radical (unpaired) electrons. The fraction of sp³-hybridized carbons (Fsp3) is 0.154. The number of fused-ring (bicyclic) bond motifs is 6. The third-order valence-electron chi connectivity index (χ3n) is 6.56. The predicted octanol–water partition coefficient (Wildman–Crippen LogP) is 4.62. The molecular formula is C26H20N2O3.